The summed E-state index contributed by atoms with van der Waals surface area (Å²) in [7, 11) is 0. The quantitative estimate of drug-likeness (QED) is 0.666. The van der Waals surface area contributed by atoms with E-state index in [9.17, 15) is 19.5 Å². The standard InChI is InChI=1S/C20H17NO4/c22-18-15(7-6-13-8-10-21-11-9-13)17(19(18)23)12-16(20(24)25)14-4-2-1-3-5-14/h1-5,8-11,16H,6-7,12H2,(H,24,25)/t16-/m0/s1. The van der Waals surface area contributed by atoms with Crippen molar-refractivity contribution in [3.63, 3.8) is 0 Å². The summed E-state index contributed by atoms with van der Waals surface area (Å²) >= 11 is 0. The SMILES string of the molecule is O=C(O)[C@@H](Cc1c(CCc2ccncc2)c(=O)c1=O)c1ccccc1. The Morgan fingerprint density at radius 3 is 2.20 bits per heavy atom. The van der Waals surface area contributed by atoms with E-state index in [1.54, 1.807) is 42.7 Å². The maximum Gasteiger partial charge on any atom is 0.311 e. The molecule has 0 amide bonds. The number of pyridine rings is 1. The molecule has 1 heterocycles. The number of rotatable bonds is 7. The summed E-state index contributed by atoms with van der Waals surface area (Å²) in [5.41, 5.74) is 1.43. The highest BCUT2D eigenvalue weighted by Crippen LogP contribution is 2.22. The van der Waals surface area contributed by atoms with Crippen LogP contribution in [0.15, 0.2) is 64.4 Å². The summed E-state index contributed by atoms with van der Waals surface area (Å²) in [6, 6.07) is 12.5. The average Bonchev–Trinajstić information content (AvgIpc) is 2.65. The molecular weight excluding hydrogens is 318 g/mol. The molecule has 1 N–H and O–H groups in total. The maximum absolute atomic E-state index is 12.0. The fourth-order valence-electron chi connectivity index (χ4n) is 3.02. The van der Waals surface area contributed by atoms with Crippen LogP contribution >= 0.6 is 0 Å². The molecule has 0 aliphatic rings. The van der Waals surface area contributed by atoms with E-state index in [2.05, 4.69) is 4.98 Å². The van der Waals surface area contributed by atoms with Crippen LogP contribution < -0.4 is 10.9 Å². The lowest BCUT2D eigenvalue weighted by atomic mass is 9.85. The van der Waals surface area contributed by atoms with E-state index in [0.29, 0.717) is 29.5 Å². The van der Waals surface area contributed by atoms with Crippen LogP contribution in [0.4, 0.5) is 0 Å². The maximum atomic E-state index is 12.0. The van der Waals surface area contributed by atoms with Gasteiger partial charge in [0.05, 0.1) is 5.92 Å². The number of aromatic nitrogens is 1. The first-order chi connectivity index (χ1) is 12.1. The molecule has 2 aromatic carbocycles. The molecule has 126 valence electrons. The molecule has 1 aromatic heterocycles. The van der Waals surface area contributed by atoms with Gasteiger partial charge in [0, 0.05) is 23.5 Å². The van der Waals surface area contributed by atoms with Crippen LogP contribution in [0.3, 0.4) is 0 Å². The number of hydrogen-bond donors (Lipinski definition) is 1. The minimum Gasteiger partial charge on any atom is -0.481 e. The Bertz CT molecular complexity index is 941. The molecule has 0 spiro atoms. The first-order valence-corrected chi connectivity index (χ1v) is 8.05. The number of carboxylic acids is 1. The van der Waals surface area contributed by atoms with Gasteiger partial charge in [0.2, 0.25) is 10.9 Å². The van der Waals surface area contributed by atoms with Gasteiger partial charge in [-0.15, -0.1) is 0 Å². The molecule has 3 rings (SSSR count). The second-order valence-electron chi connectivity index (χ2n) is 5.98. The molecule has 0 radical (unpaired) electrons. The lowest BCUT2D eigenvalue weighted by molar-refractivity contribution is -0.138. The molecule has 0 bridgehead atoms. The highest BCUT2D eigenvalue weighted by atomic mass is 16.4. The molecular formula is C20H17NO4. The van der Waals surface area contributed by atoms with Gasteiger partial charge < -0.3 is 5.11 Å². The van der Waals surface area contributed by atoms with Gasteiger partial charge in [-0.05, 0) is 42.5 Å². The van der Waals surface area contributed by atoms with Crippen LogP contribution in [-0.4, -0.2) is 16.1 Å². The Morgan fingerprint density at radius 1 is 0.920 bits per heavy atom. The van der Waals surface area contributed by atoms with Crippen molar-refractivity contribution in [1.82, 2.24) is 4.98 Å². The first-order valence-electron chi connectivity index (χ1n) is 8.05. The van der Waals surface area contributed by atoms with Gasteiger partial charge >= 0.3 is 5.97 Å². The van der Waals surface area contributed by atoms with Crippen molar-refractivity contribution in [2.75, 3.05) is 0 Å². The zero-order valence-corrected chi connectivity index (χ0v) is 13.5. The normalized spacial score (nSPS) is 12.2. The Morgan fingerprint density at radius 2 is 1.56 bits per heavy atom. The fraction of sp³-hybridized carbons (Fsp3) is 0.200. The monoisotopic (exact) mass is 335 g/mol. The molecule has 25 heavy (non-hydrogen) atoms. The van der Waals surface area contributed by atoms with Gasteiger partial charge in [0.1, 0.15) is 0 Å². The van der Waals surface area contributed by atoms with Crippen molar-refractivity contribution in [2.24, 2.45) is 0 Å². The third-order valence-electron chi connectivity index (χ3n) is 4.44. The van der Waals surface area contributed by atoms with E-state index < -0.39 is 22.7 Å². The van der Waals surface area contributed by atoms with Gasteiger partial charge in [-0.3, -0.25) is 19.4 Å². The van der Waals surface area contributed by atoms with Crippen LogP contribution in [0.5, 0.6) is 0 Å². The lowest BCUT2D eigenvalue weighted by Crippen LogP contribution is -2.41. The molecule has 0 aliphatic heterocycles. The van der Waals surface area contributed by atoms with Crippen LogP contribution in [0, 0.1) is 0 Å². The van der Waals surface area contributed by atoms with Crippen molar-refractivity contribution in [1.29, 1.82) is 0 Å². The highest BCUT2D eigenvalue weighted by molar-refractivity contribution is 5.76. The van der Waals surface area contributed by atoms with E-state index in [4.69, 9.17) is 0 Å². The van der Waals surface area contributed by atoms with Crippen molar-refractivity contribution < 1.29 is 9.90 Å². The van der Waals surface area contributed by atoms with Crippen molar-refractivity contribution >= 4 is 5.97 Å². The summed E-state index contributed by atoms with van der Waals surface area (Å²) in [6.45, 7) is 0. The topological polar surface area (TPSA) is 84.3 Å². The second kappa shape index (κ2) is 7.21. The molecule has 0 unspecified atom stereocenters. The Kier molecular flexibility index (Phi) is 4.84. The van der Waals surface area contributed by atoms with Crippen molar-refractivity contribution in [3.05, 3.63) is 97.6 Å². The third-order valence-corrected chi connectivity index (χ3v) is 4.44. The smallest absolute Gasteiger partial charge is 0.311 e. The summed E-state index contributed by atoms with van der Waals surface area (Å²) in [5.74, 6) is -1.83. The molecule has 5 nitrogen and oxygen atoms in total. The van der Waals surface area contributed by atoms with E-state index in [0.717, 1.165) is 5.56 Å². The molecule has 0 saturated heterocycles. The molecule has 0 aliphatic carbocycles. The van der Waals surface area contributed by atoms with Crippen LogP contribution in [-0.2, 0) is 24.1 Å². The number of carbonyl (C=O) groups is 1. The van der Waals surface area contributed by atoms with Crippen LogP contribution in [0.25, 0.3) is 0 Å². The van der Waals surface area contributed by atoms with E-state index in [1.807, 2.05) is 12.1 Å². The zero-order valence-electron chi connectivity index (χ0n) is 13.5. The highest BCUT2D eigenvalue weighted by Gasteiger charge is 2.27. The second-order valence-corrected chi connectivity index (χ2v) is 5.98. The number of aliphatic carboxylic acids is 1. The van der Waals surface area contributed by atoms with Crippen LogP contribution in [0.1, 0.15) is 28.2 Å². The molecule has 0 saturated carbocycles. The number of aryl methyl sites for hydroxylation is 1. The Labute approximate surface area is 144 Å². The summed E-state index contributed by atoms with van der Waals surface area (Å²) in [5, 5.41) is 9.52. The Balaban J connectivity index is 1.81. The van der Waals surface area contributed by atoms with E-state index >= 15 is 0 Å². The molecule has 3 aromatic rings. The van der Waals surface area contributed by atoms with Gasteiger partial charge in [-0.1, -0.05) is 30.3 Å². The number of carboxylic acid groups (broad SMARTS) is 1. The fourth-order valence-corrected chi connectivity index (χ4v) is 3.02. The summed E-state index contributed by atoms with van der Waals surface area (Å²) < 4.78 is 0. The molecule has 1 atom stereocenters. The minimum absolute atomic E-state index is 0.0512. The van der Waals surface area contributed by atoms with E-state index in [1.165, 1.54) is 0 Å². The summed E-state index contributed by atoms with van der Waals surface area (Å²) in [6.07, 6.45) is 4.45. The van der Waals surface area contributed by atoms with Crippen molar-refractivity contribution in [3.8, 4) is 0 Å². The first kappa shape index (κ1) is 16.8. The predicted octanol–water partition coefficient (Wildman–Crippen LogP) is 1.87. The molecule has 5 heteroatoms. The molecule has 0 fully saturated rings. The van der Waals surface area contributed by atoms with Crippen molar-refractivity contribution in [2.45, 2.75) is 25.2 Å². The average molecular weight is 335 g/mol. The van der Waals surface area contributed by atoms with Gasteiger partial charge in [-0.25, -0.2) is 0 Å². The third kappa shape index (κ3) is 3.55. The van der Waals surface area contributed by atoms with Gasteiger partial charge in [0.15, 0.2) is 0 Å². The van der Waals surface area contributed by atoms with Crippen LogP contribution in [0.2, 0.25) is 0 Å². The number of hydrogen-bond acceptors (Lipinski definition) is 4. The Hall–Kier alpha value is -3.08. The van der Waals surface area contributed by atoms with Gasteiger partial charge in [0.25, 0.3) is 0 Å². The van der Waals surface area contributed by atoms with E-state index in [-0.39, 0.29) is 6.42 Å². The van der Waals surface area contributed by atoms with Gasteiger partial charge in [-0.2, -0.15) is 0 Å². The zero-order chi connectivity index (χ0) is 17.8. The lowest BCUT2D eigenvalue weighted by Gasteiger charge is -2.16. The summed E-state index contributed by atoms with van der Waals surface area (Å²) in [4.78, 5) is 39.4. The largest absolute Gasteiger partial charge is 0.481 e. The minimum atomic E-state index is -1.00. The predicted molar refractivity (Wildman–Crippen MR) is 93.5 cm³/mol. The number of benzene rings is 1. The number of nitrogens with zero attached hydrogens (tertiary/aromatic N) is 1.